The number of furan rings is 1. The maximum absolute atomic E-state index is 12.7. The smallest absolute Gasteiger partial charge is 0.291 e. The van der Waals surface area contributed by atoms with Gasteiger partial charge in [0.2, 0.25) is 0 Å². The van der Waals surface area contributed by atoms with Crippen LogP contribution in [0.15, 0.2) is 57.6 Å². The van der Waals surface area contributed by atoms with E-state index >= 15 is 0 Å². The van der Waals surface area contributed by atoms with Crippen molar-refractivity contribution in [2.24, 2.45) is 0 Å². The molecule has 4 nitrogen and oxygen atoms in total. The van der Waals surface area contributed by atoms with Crippen LogP contribution in [-0.4, -0.2) is 23.9 Å². The summed E-state index contributed by atoms with van der Waals surface area (Å²) in [6.45, 7) is 4.29. The van der Waals surface area contributed by atoms with Gasteiger partial charge in [0.1, 0.15) is 5.00 Å². The maximum atomic E-state index is 12.7. The number of amides is 1. The third kappa shape index (κ3) is 4.65. The molecule has 0 spiro atoms. The number of carbonyl (C=O) groups excluding carboxylic acids is 1. The topological polar surface area (TPSA) is 45.5 Å². The van der Waals surface area contributed by atoms with Crippen LogP contribution in [0.1, 0.15) is 58.8 Å². The van der Waals surface area contributed by atoms with Crippen molar-refractivity contribution in [1.29, 1.82) is 0 Å². The van der Waals surface area contributed by atoms with E-state index in [9.17, 15) is 4.79 Å². The predicted octanol–water partition coefficient (Wildman–Crippen LogP) is 6.49. The van der Waals surface area contributed by atoms with Crippen LogP contribution in [0.3, 0.4) is 0 Å². The fourth-order valence-corrected chi connectivity index (χ4v) is 5.39. The van der Waals surface area contributed by atoms with E-state index in [1.807, 2.05) is 0 Å². The van der Waals surface area contributed by atoms with E-state index in [2.05, 4.69) is 63.4 Å². The molecule has 0 bridgehead atoms. The minimum absolute atomic E-state index is 0.122. The number of halogens is 1. The first kappa shape index (κ1) is 20.4. The molecule has 0 radical (unpaired) electrons. The first-order valence-corrected chi connectivity index (χ1v) is 11.7. The monoisotopic (exact) mass is 472 g/mol. The van der Waals surface area contributed by atoms with Crippen LogP contribution in [0.4, 0.5) is 5.00 Å². The third-order valence-electron chi connectivity index (χ3n) is 5.35. The van der Waals surface area contributed by atoms with Gasteiger partial charge in [-0.2, -0.15) is 0 Å². The van der Waals surface area contributed by atoms with Gasteiger partial charge in [0.25, 0.3) is 5.91 Å². The normalized spacial score (nSPS) is 15.9. The molecule has 6 heteroatoms. The largest absolute Gasteiger partial charge is 0.459 e. The first-order chi connectivity index (χ1) is 14.2. The zero-order chi connectivity index (χ0) is 20.2. The summed E-state index contributed by atoms with van der Waals surface area (Å²) in [5.74, 6) is 0.131. The number of piperidine rings is 1. The van der Waals surface area contributed by atoms with E-state index in [-0.39, 0.29) is 11.9 Å². The van der Waals surface area contributed by atoms with Crippen molar-refractivity contribution in [2.45, 2.75) is 38.6 Å². The maximum Gasteiger partial charge on any atom is 0.291 e. The lowest BCUT2D eigenvalue weighted by atomic mass is 9.96. The van der Waals surface area contributed by atoms with E-state index in [4.69, 9.17) is 4.42 Å². The highest BCUT2D eigenvalue weighted by Crippen LogP contribution is 2.41. The average Bonchev–Trinajstić information content (AvgIpc) is 3.40. The predicted molar refractivity (Wildman–Crippen MR) is 122 cm³/mol. The van der Waals surface area contributed by atoms with Crippen molar-refractivity contribution in [2.75, 3.05) is 18.4 Å². The Morgan fingerprint density at radius 2 is 2.03 bits per heavy atom. The summed E-state index contributed by atoms with van der Waals surface area (Å²) in [4.78, 5) is 16.5. The Hall–Kier alpha value is -1.89. The van der Waals surface area contributed by atoms with Crippen molar-refractivity contribution < 1.29 is 9.21 Å². The van der Waals surface area contributed by atoms with E-state index < -0.39 is 0 Å². The van der Waals surface area contributed by atoms with Crippen molar-refractivity contribution >= 4 is 38.2 Å². The summed E-state index contributed by atoms with van der Waals surface area (Å²) in [5.41, 5.74) is 2.42. The number of rotatable bonds is 6. The van der Waals surface area contributed by atoms with E-state index in [0.29, 0.717) is 5.76 Å². The lowest BCUT2D eigenvalue weighted by molar-refractivity contribution is 0.0996. The molecule has 1 fully saturated rings. The van der Waals surface area contributed by atoms with Gasteiger partial charge in [0.15, 0.2) is 5.76 Å². The molecule has 1 saturated heterocycles. The third-order valence-corrected chi connectivity index (χ3v) is 7.05. The molecular weight excluding hydrogens is 448 g/mol. The molecular formula is C23H25BrN2O2S. The molecule has 29 heavy (non-hydrogen) atoms. The number of hydrogen-bond acceptors (Lipinski definition) is 4. The Morgan fingerprint density at radius 3 is 2.72 bits per heavy atom. The second-order valence-corrected chi connectivity index (χ2v) is 9.39. The molecule has 3 heterocycles. The molecule has 1 aliphatic rings. The van der Waals surface area contributed by atoms with Crippen LogP contribution in [0.5, 0.6) is 0 Å². The SMILES string of the molecule is CCc1cc(C(c2cccc(Br)c2)N2CCCCC2)c(NC(=O)c2ccco2)s1. The van der Waals surface area contributed by atoms with Crippen LogP contribution in [0.2, 0.25) is 0 Å². The summed E-state index contributed by atoms with van der Waals surface area (Å²) in [5, 5.41) is 4.03. The van der Waals surface area contributed by atoms with Gasteiger partial charge in [0, 0.05) is 14.9 Å². The molecule has 0 aliphatic carbocycles. The van der Waals surface area contributed by atoms with E-state index in [0.717, 1.165) is 29.0 Å². The summed E-state index contributed by atoms with van der Waals surface area (Å²) in [7, 11) is 0. The fourth-order valence-electron chi connectivity index (χ4n) is 3.95. The van der Waals surface area contributed by atoms with Crippen molar-refractivity contribution in [3.63, 3.8) is 0 Å². The summed E-state index contributed by atoms with van der Waals surface area (Å²) >= 11 is 5.30. The first-order valence-electron chi connectivity index (χ1n) is 10.1. The Kier molecular flexibility index (Phi) is 6.53. The van der Waals surface area contributed by atoms with Crippen molar-refractivity contribution in [3.8, 4) is 0 Å². The van der Waals surface area contributed by atoms with Gasteiger partial charge in [0.05, 0.1) is 12.3 Å². The molecule has 4 rings (SSSR count). The number of carbonyl (C=O) groups is 1. The Morgan fingerprint density at radius 1 is 1.21 bits per heavy atom. The Labute approximate surface area is 184 Å². The molecule has 2 aromatic heterocycles. The fraction of sp³-hybridized carbons (Fsp3) is 0.348. The van der Waals surface area contributed by atoms with Gasteiger partial charge in [-0.15, -0.1) is 11.3 Å². The Bertz CT molecular complexity index is 961. The highest BCUT2D eigenvalue weighted by atomic mass is 79.9. The number of benzene rings is 1. The zero-order valence-electron chi connectivity index (χ0n) is 16.5. The molecule has 3 aromatic rings. The molecule has 152 valence electrons. The second kappa shape index (κ2) is 9.28. The van der Waals surface area contributed by atoms with Crippen LogP contribution in [0, 0.1) is 0 Å². The zero-order valence-corrected chi connectivity index (χ0v) is 18.9. The summed E-state index contributed by atoms with van der Waals surface area (Å²) < 4.78 is 6.37. The Balaban J connectivity index is 1.75. The van der Waals surface area contributed by atoms with E-state index in [1.54, 1.807) is 23.5 Å². The number of aryl methyl sites for hydroxylation is 1. The quantitative estimate of drug-likeness (QED) is 0.445. The highest BCUT2D eigenvalue weighted by Gasteiger charge is 2.28. The molecule has 0 saturated carbocycles. The van der Waals surface area contributed by atoms with Gasteiger partial charge < -0.3 is 9.73 Å². The van der Waals surface area contributed by atoms with Crippen LogP contribution in [0.25, 0.3) is 0 Å². The number of nitrogens with zero attached hydrogens (tertiary/aromatic N) is 1. The average molecular weight is 473 g/mol. The van der Waals surface area contributed by atoms with Gasteiger partial charge in [-0.3, -0.25) is 9.69 Å². The molecule has 1 unspecified atom stereocenters. The lowest BCUT2D eigenvalue weighted by Gasteiger charge is -2.35. The van der Waals surface area contributed by atoms with Crippen LogP contribution < -0.4 is 5.32 Å². The molecule has 1 N–H and O–H groups in total. The number of nitrogens with one attached hydrogen (secondary N) is 1. The number of hydrogen-bond donors (Lipinski definition) is 1. The second-order valence-electron chi connectivity index (χ2n) is 7.34. The van der Waals surface area contributed by atoms with Crippen LogP contribution >= 0.6 is 27.3 Å². The van der Waals surface area contributed by atoms with Gasteiger partial charge in [-0.05, 0) is 68.2 Å². The van der Waals surface area contributed by atoms with Crippen LogP contribution in [-0.2, 0) is 6.42 Å². The van der Waals surface area contributed by atoms with Crippen molar-refractivity contribution in [3.05, 3.63) is 75.0 Å². The summed E-state index contributed by atoms with van der Waals surface area (Å²) in [6.07, 6.45) is 6.18. The molecule has 1 aliphatic heterocycles. The highest BCUT2D eigenvalue weighted by molar-refractivity contribution is 9.10. The standard InChI is InChI=1S/C23H25BrN2O2S/c1-2-18-15-19(23(29-18)25-22(27)20-10-7-13-28-20)21(26-11-4-3-5-12-26)16-8-6-9-17(24)14-16/h6-10,13-15,21H,2-5,11-12H2,1H3,(H,25,27). The van der Waals surface area contributed by atoms with E-state index in [1.165, 1.54) is 41.5 Å². The molecule has 1 amide bonds. The minimum Gasteiger partial charge on any atom is -0.459 e. The molecule has 1 aromatic carbocycles. The number of thiophene rings is 1. The summed E-state index contributed by atoms with van der Waals surface area (Å²) in [6, 6.07) is 14.3. The van der Waals surface area contributed by atoms with Gasteiger partial charge in [-0.25, -0.2) is 0 Å². The minimum atomic E-state index is -0.201. The number of anilines is 1. The molecule has 1 atom stereocenters. The number of likely N-dealkylation sites (tertiary alicyclic amines) is 1. The van der Waals surface area contributed by atoms with Gasteiger partial charge >= 0.3 is 0 Å². The lowest BCUT2D eigenvalue weighted by Crippen LogP contribution is -2.34. The van der Waals surface area contributed by atoms with Gasteiger partial charge in [-0.1, -0.05) is 41.4 Å². The van der Waals surface area contributed by atoms with Crippen molar-refractivity contribution in [1.82, 2.24) is 4.90 Å².